The lowest BCUT2D eigenvalue weighted by Crippen LogP contribution is -1.83. The highest BCUT2D eigenvalue weighted by atomic mass is 32.1. The molecule has 0 unspecified atom stereocenters. The van der Waals surface area contributed by atoms with Crippen LogP contribution in [0.1, 0.15) is 26.7 Å². The first kappa shape index (κ1) is 10.6. The van der Waals surface area contributed by atoms with E-state index in [0.717, 1.165) is 6.42 Å². The van der Waals surface area contributed by atoms with Crippen LogP contribution in [0.2, 0.25) is 0 Å². The van der Waals surface area contributed by atoms with Gasteiger partial charge in [-0.25, -0.2) is 0 Å². The van der Waals surface area contributed by atoms with Gasteiger partial charge in [-0.3, -0.25) is 0 Å². The van der Waals surface area contributed by atoms with Crippen molar-refractivity contribution in [1.82, 2.24) is 0 Å². The van der Waals surface area contributed by atoms with E-state index in [2.05, 4.69) is 38.3 Å². The molecular formula is C10H16S. The zero-order chi connectivity index (χ0) is 8.69. The quantitative estimate of drug-likeness (QED) is 0.413. The molecule has 0 fully saturated rings. The average molecular weight is 168 g/mol. The van der Waals surface area contributed by atoms with Crippen molar-refractivity contribution < 1.29 is 0 Å². The van der Waals surface area contributed by atoms with Crippen molar-refractivity contribution >= 4 is 12.6 Å². The lowest BCUT2D eigenvalue weighted by Gasteiger charge is -2.04. The lowest BCUT2D eigenvalue weighted by molar-refractivity contribution is 0.951. The molecule has 0 atom stereocenters. The van der Waals surface area contributed by atoms with Crippen molar-refractivity contribution in [3.63, 3.8) is 0 Å². The Morgan fingerprint density at radius 2 is 2.00 bits per heavy atom. The molecule has 0 aromatic carbocycles. The van der Waals surface area contributed by atoms with Crippen molar-refractivity contribution in [3.05, 3.63) is 35.3 Å². The fourth-order valence-electron chi connectivity index (χ4n) is 0.730. The zero-order valence-electron chi connectivity index (χ0n) is 7.30. The van der Waals surface area contributed by atoms with E-state index in [1.807, 2.05) is 6.92 Å². The first-order chi connectivity index (χ1) is 5.20. The summed E-state index contributed by atoms with van der Waals surface area (Å²) >= 11 is 4.22. The third kappa shape index (κ3) is 5.99. The van der Waals surface area contributed by atoms with Gasteiger partial charge in [-0.1, -0.05) is 23.8 Å². The molecule has 1 rings (SSSR count). The zero-order valence-corrected chi connectivity index (χ0v) is 8.20. The summed E-state index contributed by atoms with van der Waals surface area (Å²) in [6.07, 6.45) is 8.27. The molecule has 0 amide bonds. The minimum Gasteiger partial charge on any atom is -0.148 e. The Morgan fingerprint density at radius 1 is 1.45 bits per heavy atom. The Bertz CT molecular complexity index is 157. The summed E-state index contributed by atoms with van der Waals surface area (Å²) in [4.78, 5) is 1.20. The molecule has 0 aromatic rings. The van der Waals surface area contributed by atoms with Gasteiger partial charge in [0.15, 0.2) is 0 Å². The summed E-state index contributed by atoms with van der Waals surface area (Å²) in [5, 5.41) is 0. The lowest BCUT2D eigenvalue weighted by atomic mass is 10.1. The molecule has 1 heteroatoms. The highest BCUT2D eigenvalue weighted by Crippen LogP contribution is 2.19. The molecule has 1 aliphatic rings. The van der Waals surface area contributed by atoms with Crippen molar-refractivity contribution in [3.8, 4) is 0 Å². The predicted octanol–water partition coefficient (Wildman–Crippen LogP) is 3.73. The molecule has 0 radical (unpaired) electrons. The topological polar surface area (TPSA) is 0 Å². The minimum absolute atomic E-state index is 1.13. The molecule has 0 saturated carbocycles. The molecule has 0 bridgehead atoms. The van der Waals surface area contributed by atoms with E-state index in [4.69, 9.17) is 0 Å². The number of thiol groups is 1. The van der Waals surface area contributed by atoms with Crippen LogP contribution in [0.4, 0.5) is 0 Å². The number of hydrogen-bond acceptors (Lipinski definition) is 1. The maximum atomic E-state index is 4.22. The summed E-state index contributed by atoms with van der Waals surface area (Å²) < 4.78 is 0. The van der Waals surface area contributed by atoms with Crippen molar-refractivity contribution in [2.45, 2.75) is 26.7 Å². The Balaban J connectivity index is 0.000000292. The van der Waals surface area contributed by atoms with Crippen molar-refractivity contribution in [2.24, 2.45) is 0 Å². The number of rotatable bonds is 0. The molecule has 0 N–H and O–H groups in total. The summed E-state index contributed by atoms with van der Waals surface area (Å²) in [6.45, 7) is 7.40. The molecular weight excluding hydrogens is 152 g/mol. The van der Waals surface area contributed by atoms with Gasteiger partial charge < -0.3 is 0 Å². The van der Waals surface area contributed by atoms with Crippen LogP contribution in [0.3, 0.4) is 0 Å². The molecule has 0 saturated heterocycles. The number of hydrogen-bond donors (Lipinski definition) is 1. The Hall–Kier alpha value is -0.430. The van der Waals surface area contributed by atoms with Gasteiger partial charge in [-0.05, 0) is 31.6 Å². The van der Waals surface area contributed by atoms with Crippen molar-refractivity contribution in [1.29, 1.82) is 0 Å². The third-order valence-corrected chi connectivity index (χ3v) is 1.71. The second-order valence-electron chi connectivity index (χ2n) is 2.58. The standard InChI is InChI=1S/C7H10S.C3H6/c1-6-2-4-7(8)5-3-6;1-3-2/h2,4,8H,3,5H2,1H3;3H,1H2,2H3. The van der Waals surface area contributed by atoms with Gasteiger partial charge >= 0.3 is 0 Å². The SMILES string of the molecule is C=CC.CC1=CC=C(S)CC1. The Morgan fingerprint density at radius 3 is 2.27 bits per heavy atom. The number of allylic oxidation sites excluding steroid dienone is 5. The Labute approximate surface area is 75.1 Å². The molecule has 11 heavy (non-hydrogen) atoms. The van der Waals surface area contributed by atoms with E-state index in [1.54, 1.807) is 6.08 Å². The van der Waals surface area contributed by atoms with Gasteiger partial charge in [-0.2, -0.15) is 0 Å². The van der Waals surface area contributed by atoms with Crippen LogP contribution in [0.5, 0.6) is 0 Å². The maximum absolute atomic E-state index is 4.22. The summed E-state index contributed by atoms with van der Waals surface area (Å²) in [5.74, 6) is 0. The summed E-state index contributed by atoms with van der Waals surface area (Å²) in [6, 6.07) is 0. The molecule has 0 spiro atoms. The highest BCUT2D eigenvalue weighted by molar-refractivity contribution is 7.84. The highest BCUT2D eigenvalue weighted by Gasteiger charge is 1.96. The van der Waals surface area contributed by atoms with E-state index in [-0.39, 0.29) is 0 Å². The fraction of sp³-hybridized carbons (Fsp3) is 0.400. The average Bonchev–Trinajstić information content (AvgIpc) is 1.97. The molecule has 0 heterocycles. The van der Waals surface area contributed by atoms with Crippen LogP contribution >= 0.6 is 12.6 Å². The molecule has 0 aromatic heterocycles. The van der Waals surface area contributed by atoms with Crippen molar-refractivity contribution in [2.75, 3.05) is 0 Å². The van der Waals surface area contributed by atoms with Gasteiger partial charge in [0, 0.05) is 0 Å². The third-order valence-electron chi connectivity index (χ3n) is 1.34. The fourth-order valence-corrected chi connectivity index (χ4v) is 0.917. The maximum Gasteiger partial charge on any atom is -0.0181 e. The van der Waals surface area contributed by atoms with Gasteiger partial charge in [0.2, 0.25) is 0 Å². The second-order valence-corrected chi connectivity index (χ2v) is 3.15. The smallest absolute Gasteiger partial charge is 0.0181 e. The summed E-state index contributed by atoms with van der Waals surface area (Å²) in [7, 11) is 0. The second kappa shape index (κ2) is 6.29. The minimum atomic E-state index is 1.13. The monoisotopic (exact) mass is 168 g/mol. The first-order valence-corrected chi connectivity index (χ1v) is 4.27. The van der Waals surface area contributed by atoms with Gasteiger partial charge in [0.25, 0.3) is 0 Å². The van der Waals surface area contributed by atoms with Gasteiger partial charge in [0.1, 0.15) is 0 Å². The summed E-state index contributed by atoms with van der Waals surface area (Å²) in [5.41, 5.74) is 1.46. The van der Waals surface area contributed by atoms with E-state index < -0.39 is 0 Å². The van der Waals surface area contributed by atoms with Crippen LogP contribution in [-0.2, 0) is 0 Å². The van der Waals surface area contributed by atoms with Crippen LogP contribution in [-0.4, -0.2) is 0 Å². The van der Waals surface area contributed by atoms with Gasteiger partial charge in [0.05, 0.1) is 0 Å². The van der Waals surface area contributed by atoms with E-state index in [9.17, 15) is 0 Å². The van der Waals surface area contributed by atoms with E-state index >= 15 is 0 Å². The Kier molecular flexibility index (Phi) is 6.05. The van der Waals surface area contributed by atoms with E-state index in [1.165, 1.54) is 16.9 Å². The first-order valence-electron chi connectivity index (χ1n) is 3.83. The van der Waals surface area contributed by atoms with Crippen LogP contribution < -0.4 is 0 Å². The van der Waals surface area contributed by atoms with E-state index in [0.29, 0.717) is 0 Å². The molecule has 1 aliphatic carbocycles. The van der Waals surface area contributed by atoms with Crippen LogP contribution in [0.25, 0.3) is 0 Å². The molecule has 0 aliphatic heterocycles. The molecule has 0 nitrogen and oxygen atoms in total. The predicted molar refractivity (Wildman–Crippen MR) is 55.9 cm³/mol. The largest absolute Gasteiger partial charge is 0.148 e. The van der Waals surface area contributed by atoms with Crippen LogP contribution in [0, 0.1) is 0 Å². The van der Waals surface area contributed by atoms with Gasteiger partial charge in [-0.15, -0.1) is 19.2 Å². The molecule has 62 valence electrons. The van der Waals surface area contributed by atoms with Crippen LogP contribution in [0.15, 0.2) is 35.3 Å². The normalized spacial score (nSPS) is 15.5.